The minimum absolute atomic E-state index is 0.223. The van der Waals surface area contributed by atoms with E-state index in [1.54, 1.807) is 0 Å². The van der Waals surface area contributed by atoms with E-state index in [1.807, 2.05) is 0 Å². The van der Waals surface area contributed by atoms with Crippen LogP contribution in [0.25, 0.3) is 0 Å². The number of nitrogens with zero attached hydrogens (tertiary/aromatic N) is 3. The zero-order valence-electron chi connectivity index (χ0n) is 9.28. The lowest BCUT2D eigenvalue weighted by atomic mass is 10.1. The van der Waals surface area contributed by atoms with E-state index in [2.05, 4.69) is 27.2 Å². The first-order valence-electron chi connectivity index (χ1n) is 5.38. The quantitative estimate of drug-likeness (QED) is 0.762. The number of likely N-dealkylation sites (tertiary alicyclic amines) is 1. The number of likely N-dealkylation sites (N-methyl/N-ethyl adjacent to an activating group) is 1. The Labute approximate surface area is 100 Å². The van der Waals surface area contributed by atoms with Gasteiger partial charge < -0.3 is 16.0 Å². The number of halogens is 1. The van der Waals surface area contributed by atoms with Crippen LogP contribution < -0.4 is 11.1 Å². The first-order valence-corrected chi connectivity index (χ1v) is 5.76. The second kappa shape index (κ2) is 4.84. The molecule has 1 fully saturated rings. The Hall–Kier alpha value is -1.07. The molecular weight excluding hydrogens is 226 g/mol. The van der Waals surface area contributed by atoms with Gasteiger partial charge in [0.15, 0.2) is 5.82 Å². The van der Waals surface area contributed by atoms with Crippen molar-refractivity contribution in [1.82, 2.24) is 14.9 Å². The van der Waals surface area contributed by atoms with Crippen LogP contribution in [0.2, 0.25) is 5.28 Å². The fourth-order valence-corrected chi connectivity index (χ4v) is 2.10. The minimum Gasteiger partial charge on any atom is -0.394 e. The molecule has 16 heavy (non-hydrogen) atoms. The Morgan fingerprint density at radius 3 is 3.19 bits per heavy atom. The van der Waals surface area contributed by atoms with Crippen LogP contribution in [0.5, 0.6) is 0 Å². The summed E-state index contributed by atoms with van der Waals surface area (Å²) in [5.41, 5.74) is 6.32. The number of anilines is 2. The summed E-state index contributed by atoms with van der Waals surface area (Å²) >= 11 is 5.73. The van der Waals surface area contributed by atoms with Gasteiger partial charge in [0, 0.05) is 12.6 Å². The third-order valence-corrected chi connectivity index (χ3v) is 2.94. The fraction of sp³-hybridized carbons (Fsp3) is 0.600. The number of aromatic nitrogens is 2. The fourth-order valence-electron chi connectivity index (χ4n) is 1.96. The van der Waals surface area contributed by atoms with E-state index >= 15 is 0 Å². The second-order valence-corrected chi connectivity index (χ2v) is 4.53. The Morgan fingerprint density at radius 2 is 2.44 bits per heavy atom. The van der Waals surface area contributed by atoms with Gasteiger partial charge in [0.05, 0.1) is 11.9 Å². The predicted molar refractivity (Wildman–Crippen MR) is 65.6 cm³/mol. The van der Waals surface area contributed by atoms with Crippen molar-refractivity contribution in [3.63, 3.8) is 0 Å². The van der Waals surface area contributed by atoms with E-state index in [4.69, 9.17) is 17.3 Å². The second-order valence-electron chi connectivity index (χ2n) is 4.19. The summed E-state index contributed by atoms with van der Waals surface area (Å²) in [4.78, 5) is 10.2. The maximum absolute atomic E-state index is 5.78. The van der Waals surface area contributed by atoms with Crippen LogP contribution in [-0.4, -0.2) is 41.0 Å². The van der Waals surface area contributed by atoms with Crippen molar-refractivity contribution in [1.29, 1.82) is 0 Å². The van der Waals surface area contributed by atoms with Gasteiger partial charge in [-0.05, 0) is 38.0 Å². The molecule has 1 saturated heterocycles. The summed E-state index contributed by atoms with van der Waals surface area (Å²) < 4.78 is 0. The van der Waals surface area contributed by atoms with Gasteiger partial charge in [-0.3, -0.25) is 0 Å². The Balaban J connectivity index is 2.05. The molecule has 0 amide bonds. The van der Waals surface area contributed by atoms with Crippen molar-refractivity contribution in [3.8, 4) is 0 Å². The number of nitrogens with one attached hydrogen (secondary N) is 1. The van der Waals surface area contributed by atoms with Gasteiger partial charge in [-0.2, -0.15) is 4.98 Å². The average molecular weight is 242 g/mol. The van der Waals surface area contributed by atoms with Crippen LogP contribution in [0.4, 0.5) is 11.5 Å². The number of nitrogens with two attached hydrogens (primary N) is 1. The van der Waals surface area contributed by atoms with Crippen molar-refractivity contribution in [2.24, 2.45) is 0 Å². The molecule has 2 rings (SSSR count). The summed E-state index contributed by atoms with van der Waals surface area (Å²) in [6, 6.07) is 0.381. The summed E-state index contributed by atoms with van der Waals surface area (Å²) in [5, 5.41) is 3.54. The molecule has 0 saturated carbocycles. The highest BCUT2D eigenvalue weighted by molar-refractivity contribution is 6.28. The predicted octanol–water partition coefficient (Wildman–Crippen LogP) is 1.22. The highest BCUT2D eigenvalue weighted by Gasteiger charge is 2.18. The third-order valence-electron chi connectivity index (χ3n) is 2.75. The lowest BCUT2D eigenvalue weighted by Gasteiger charge is -2.30. The van der Waals surface area contributed by atoms with Crippen LogP contribution in [0.1, 0.15) is 12.8 Å². The van der Waals surface area contributed by atoms with E-state index in [-0.39, 0.29) is 5.28 Å². The van der Waals surface area contributed by atoms with Crippen LogP contribution in [0.3, 0.4) is 0 Å². The lowest BCUT2D eigenvalue weighted by molar-refractivity contribution is 0.261. The normalized spacial score (nSPS) is 22.0. The molecule has 3 N–H and O–H groups in total. The first kappa shape index (κ1) is 11.4. The van der Waals surface area contributed by atoms with Gasteiger partial charge in [-0.25, -0.2) is 4.98 Å². The molecule has 0 radical (unpaired) electrons. The first-order chi connectivity index (χ1) is 7.65. The number of rotatable bonds is 2. The Kier molecular flexibility index (Phi) is 3.46. The maximum atomic E-state index is 5.78. The molecule has 1 unspecified atom stereocenters. The van der Waals surface area contributed by atoms with E-state index < -0.39 is 0 Å². The van der Waals surface area contributed by atoms with Crippen LogP contribution in [-0.2, 0) is 0 Å². The standard InChI is InChI=1S/C10H16ClN5/c1-16-4-2-3-7(6-16)14-9-8(12)5-13-10(11)15-9/h5,7H,2-4,6,12H2,1H3,(H,13,14,15). The van der Waals surface area contributed by atoms with Crippen molar-refractivity contribution in [2.45, 2.75) is 18.9 Å². The molecule has 0 aromatic carbocycles. The monoisotopic (exact) mass is 241 g/mol. The molecule has 5 nitrogen and oxygen atoms in total. The number of hydrogen-bond donors (Lipinski definition) is 2. The molecule has 2 heterocycles. The van der Waals surface area contributed by atoms with Crippen LogP contribution >= 0.6 is 11.6 Å². The molecule has 88 valence electrons. The smallest absolute Gasteiger partial charge is 0.224 e. The molecule has 0 spiro atoms. The van der Waals surface area contributed by atoms with Gasteiger partial charge in [-0.1, -0.05) is 0 Å². The van der Waals surface area contributed by atoms with Crippen molar-refractivity contribution in [2.75, 3.05) is 31.2 Å². The number of hydrogen-bond acceptors (Lipinski definition) is 5. The van der Waals surface area contributed by atoms with Gasteiger partial charge >= 0.3 is 0 Å². The lowest BCUT2D eigenvalue weighted by Crippen LogP contribution is -2.40. The maximum Gasteiger partial charge on any atom is 0.224 e. The van der Waals surface area contributed by atoms with E-state index in [9.17, 15) is 0 Å². The highest BCUT2D eigenvalue weighted by Crippen LogP contribution is 2.19. The topological polar surface area (TPSA) is 67.1 Å². The van der Waals surface area contributed by atoms with Crippen LogP contribution in [0.15, 0.2) is 6.20 Å². The average Bonchev–Trinajstić information content (AvgIpc) is 2.24. The van der Waals surface area contributed by atoms with E-state index in [0.29, 0.717) is 17.5 Å². The SMILES string of the molecule is CN1CCCC(Nc2nc(Cl)ncc2N)C1. The molecular formula is C10H16ClN5. The van der Waals surface area contributed by atoms with Gasteiger partial charge in [0.1, 0.15) is 0 Å². The Morgan fingerprint density at radius 1 is 1.62 bits per heavy atom. The third kappa shape index (κ3) is 2.74. The largest absolute Gasteiger partial charge is 0.394 e. The Bertz CT molecular complexity index is 370. The molecule has 0 bridgehead atoms. The zero-order valence-corrected chi connectivity index (χ0v) is 10.0. The molecule has 1 aliphatic rings. The summed E-state index contributed by atoms with van der Waals surface area (Å²) in [5.74, 6) is 0.639. The molecule has 6 heteroatoms. The van der Waals surface area contributed by atoms with Crippen LogP contribution in [0, 0.1) is 0 Å². The van der Waals surface area contributed by atoms with E-state index in [1.165, 1.54) is 12.6 Å². The number of piperidine rings is 1. The summed E-state index contributed by atoms with van der Waals surface area (Å²) in [7, 11) is 2.12. The summed E-state index contributed by atoms with van der Waals surface area (Å²) in [6.07, 6.45) is 3.85. The van der Waals surface area contributed by atoms with Crippen molar-refractivity contribution < 1.29 is 0 Å². The molecule has 1 aromatic rings. The zero-order chi connectivity index (χ0) is 11.5. The van der Waals surface area contributed by atoms with Crippen molar-refractivity contribution >= 4 is 23.1 Å². The number of nitrogen functional groups attached to an aromatic ring is 1. The minimum atomic E-state index is 0.223. The highest BCUT2D eigenvalue weighted by atomic mass is 35.5. The van der Waals surface area contributed by atoms with Gasteiger partial charge in [-0.15, -0.1) is 0 Å². The molecule has 1 aliphatic heterocycles. The van der Waals surface area contributed by atoms with Crippen molar-refractivity contribution in [3.05, 3.63) is 11.5 Å². The van der Waals surface area contributed by atoms with Gasteiger partial charge in [0.25, 0.3) is 0 Å². The van der Waals surface area contributed by atoms with Gasteiger partial charge in [0.2, 0.25) is 5.28 Å². The molecule has 1 atom stereocenters. The molecule has 1 aromatic heterocycles. The molecule has 0 aliphatic carbocycles. The van der Waals surface area contributed by atoms with E-state index in [0.717, 1.165) is 19.5 Å². The summed E-state index contributed by atoms with van der Waals surface area (Å²) in [6.45, 7) is 2.15.